The average Bonchev–Trinajstić information content (AvgIpc) is 2.63. The lowest BCUT2D eigenvalue weighted by molar-refractivity contribution is -0.119. The first-order valence-corrected chi connectivity index (χ1v) is 7.70. The lowest BCUT2D eigenvalue weighted by atomic mass is 9.96. The van der Waals surface area contributed by atoms with E-state index in [1.165, 1.54) is 0 Å². The maximum absolute atomic E-state index is 11.8. The predicted molar refractivity (Wildman–Crippen MR) is 83.0 cm³/mol. The van der Waals surface area contributed by atoms with Crippen molar-refractivity contribution in [2.24, 2.45) is 0 Å². The van der Waals surface area contributed by atoms with Gasteiger partial charge in [-0.1, -0.05) is 20.8 Å². The van der Waals surface area contributed by atoms with Gasteiger partial charge in [-0.15, -0.1) is 11.8 Å². The minimum absolute atomic E-state index is 0.0537. The van der Waals surface area contributed by atoms with Gasteiger partial charge >= 0.3 is 0 Å². The van der Waals surface area contributed by atoms with Gasteiger partial charge in [0.2, 0.25) is 5.91 Å². The molecule has 0 aliphatic carbocycles. The van der Waals surface area contributed by atoms with E-state index in [0.717, 1.165) is 11.3 Å². The van der Waals surface area contributed by atoms with Gasteiger partial charge in [0.15, 0.2) is 0 Å². The molecule has 0 aliphatic heterocycles. The lowest BCUT2D eigenvalue weighted by Crippen LogP contribution is -2.39. The molecule has 2 N–H and O–H groups in total. The van der Waals surface area contributed by atoms with Crippen LogP contribution in [0.15, 0.2) is 10.5 Å². The molecule has 1 aromatic heterocycles. The van der Waals surface area contributed by atoms with Crippen LogP contribution in [0.2, 0.25) is 0 Å². The molecule has 0 fully saturated rings. The quantitative estimate of drug-likeness (QED) is 0.877. The minimum Gasteiger partial charge on any atom is -0.466 e. The first-order chi connectivity index (χ1) is 9.01. The molecule has 0 aliphatic rings. The average molecular weight is 299 g/mol. The molecule has 0 saturated heterocycles. The molecule has 0 bridgehead atoms. The molecule has 1 aromatic rings. The molecule has 1 heterocycles. The molecule has 1 amide bonds. The highest BCUT2D eigenvalue weighted by Gasteiger charge is 2.28. The maximum Gasteiger partial charge on any atom is 0.230 e. The van der Waals surface area contributed by atoms with Gasteiger partial charge in [0, 0.05) is 10.3 Å². The second kappa shape index (κ2) is 6.22. The molecule has 0 spiro atoms. The normalized spacial score (nSPS) is 14.9. The summed E-state index contributed by atoms with van der Waals surface area (Å²) in [7, 11) is 0. The van der Waals surface area contributed by atoms with Crippen LogP contribution in [0.4, 0.5) is 0 Å². The Kier molecular flexibility index (Phi) is 5.33. The summed E-state index contributed by atoms with van der Waals surface area (Å²) in [5, 5.41) is 13.3. The molecule has 1 unspecified atom stereocenters. The number of hydrogen-bond acceptors (Lipinski definition) is 4. The van der Waals surface area contributed by atoms with Crippen molar-refractivity contribution >= 4 is 17.7 Å². The minimum atomic E-state index is -1.12. The smallest absolute Gasteiger partial charge is 0.230 e. The third-order valence-electron chi connectivity index (χ3n) is 2.89. The zero-order valence-corrected chi connectivity index (χ0v) is 14.0. The van der Waals surface area contributed by atoms with E-state index in [4.69, 9.17) is 4.42 Å². The Hall–Kier alpha value is -0.940. The second-order valence-electron chi connectivity index (χ2n) is 6.28. The largest absolute Gasteiger partial charge is 0.466 e. The number of nitrogens with one attached hydrogen (secondary N) is 1. The predicted octanol–water partition coefficient (Wildman–Crippen LogP) is 2.75. The van der Waals surface area contributed by atoms with Gasteiger partial charge in [0.1, 0.15) is 17.1 Å². The van der Waals surface area contributed by atoms with Crippen LogP contribution in [0.1, 0.15) is 44.8 Å². The molecule has 114 valence electrons. The third-order valence-corrected chi connectivity index (χ3v) is 4.16. The van der Waals surface area contributed by atoms with Crippen LogP contribution in [-0.4, -0.2) is 28.1 Å². The Labute approximate surface area is 125 Å². The van der Waals surface area contributed by atoms with E-state index in [-0.39, 0.29) is 17.2 Å². The van der Waals surface area contributed by atoms with Crippen LogP contribution in [0.25, 0.3) is 0 Å². The Morgan fingerprint density at radius 1 is 1.35 bits per heavy atom. The summed E-state index contributed by atoms with van der Waals surface area (Å²) in [6, 6.07) is 1.81. The third kappa shape index (κ3) is 5.21. The topological polar surface area (TPSA) is 62.5 Å². The fourth-order valence-electron chi connectivity index (χ4n) is 1.86. The van der Waals surface area contributed by atoms with Crippen molar-refractivity contribution in [1.82, 2.24) is 5.32 Å². The van der Waals surface area contributed by atoms with Crippen LogP contribution in [0.5, 0.6) is 0 Å². The van der Waals surface area contributed by atoms with E-state index in [2.05, 4.69) is 26.1 Å². The lowest BCUT2D eigenvalue weighted by Gasteiger charge is -2.24. The first-order valence-electron chi connectivity index (χ1n) is 6.72. The molecule has 1 rings (SSSR count). The van der Waals surface area contributed by atoms with E-state index in [1.807, 2.05) is 19.9 Å². The first kappa shape index (κ1) is 17.1. The number of hydrogen-bond donors (Lipinski definition) is 2. The van der Waals surface area contributed by atoms with Crippen LogP contribution in [0, 0.1) is 13.8 Å². The van der Waals surface area contributed by atoms with Crippen LogP contribution < -0.4 is 5.32 Å². The number of amides is 1. The highest BCUT2D eigenvalue weighted by Crippen LogP contribution is 2.26. The van der Waals surface area contributed by atoms with Gasteiger partial charge in [0.25, 0.3) is 0 Å². The standard InChI is InChI=1S/C15H25NO3S/c1-10-7-12(11(2)19-10)15(6,18)9-16-13(17)8-20-14(3,4)5/h7,18H,8-9H2,1-6H3,(H,16,17). The number of rotatable bonds is 5. The number of furan rings is 1. The van der Waals surface area contributed by atoms with Crippen molar-refractivity contribution in [3.05, 3.63) is 23.2 Å². The fraction of sp³-hybridized carbons (Fsp3) is 0.667. The summed E-state index contributed by atoms with van der Waals surface area (Å²) in [6.07, 6.45) is 0. The summed E-state index contributed by atoms with van der Waals surface area (Å²) in [5.74, 6) is 1.77. The SMILES string of the molecule is Cc1cc(C(C)(O)CNC(=O)CSC(C)(C)C)c(C)o1. The van der Waals surface area contributed by atoms with Gasteiger partial charge in [-0.3, -0.25) is 4.79 Å². The number of aryl methyl sites for hydroxylation is 2. The molecular formula is C15H25NO3S. The Bertz CT molecular complexity index is 472. The molecular weight excluding hydrogens is 274 g/mol. The number of aliphatic hydroxyl groups is 1. The highest BCUT2D eigenvalue weighted by atomic mass is 32.2. The van der Waals surface area contributed by atoms with Gasteiger partial charge in [-0.05, 0) is 26.8 Å². The fourth-order valence-corrected chi connectivity index (χ4v) is 2.53. The van der Waals surface area contributed by atoms with Gasteiger partial charge in [0.05, 0.1) is 12.3 Å². The highest BCUT2D eigenvalue weighted by molar-refractivity contribution is 8.01. The Balaban J connectivity index is 2.55. The summed E-state index contributed by atoms with van der Waals surface area (Å²) < 4.78 is 5.48. The Morgan fingerprint density at radius 2 is 1.95 bits per heavy atom. The van der Waals surface area contributed by atoms with Crippen molar-refractivity contribution in [1.29, 1.82) is 0 Å². The molecule has 20 heavy (non-hydrogen) atoms. The van der Waals surface area contributed by atoms with Crippen LogP contribution in [0.3, 0.4) is 0 Å². The summed E-state index contributed by atoms with van der Waals surface area (Å²) in [6.45, 7) is 11.7. The molecule has 5 heteroatoms. The van der Waals surface area contributed by atoms with E-state index in [9.17, 15) is 9.90 Å². The monoisotopic (exact) mass is 299 g/mol. The Morgan fingerprint density at radius 3 is 2.40 bits per heavy atom. The summed E-state index contributed by atoms with van der Waals surface area (Å²) in [5.41, 5.74) is -0.400. The number of carbonyl (C=O) groups is 1. The van der Waals surface area contributed by atoms with Crippen LogP contribution >= 0.6 is 11.8 Å². The van der Waals surface area contributed by atoms with Crippen LogP contribution in [-0.2, 0) is 10.4 Å². The van der Waals surface area contributed by atoms with Crippen molar-refractivity contribution in [2.45, 2.75) is 51.9 Å². The molecule has 4 nitrogen and oxygen atoms in total. The summed E-state index contributed by atoms with van der Waals surface area (Å²) in [4.78, 5) is 11.8. The van der Waals surface area contributed by atoms with Gasteiger partial charge in [-0.25, -0.2) is 0 Å². The zero-order valence-electron chi connectivity index (χ0n) is 13.2. The molecule has 0 aromatic carbocycles. The molecule has 1 atom stereocenters. The van der Waals surface area contributed by atoms with Crippen molar-refractivity contribution in [2.75, 3.05) is 12.3 Å². The number of thioether (sulfide) groups is 1. The van der Waals surface area contributed by atoms with E-state index < -0.39 is 5.60 Å². The van der Waals surface area contributed by atoms with E-state index in [0.29, 0.717) is 11.5 Å². The zero-order chi connectivity index (χ0) is 15.6. The molecule has 0 radical (unpaired) electrons. The number of carbonyl (C=O) groups excluding carboxylic acids is 1. The van der Waals surface area contributed by atoms with E-state index in [1.54, 1.807) is 18.7 Å². The molecule has 0 saturated carbocycles. The summed E-state index contributed by atoms with van der Waals surface area (Å²) >= 11 is 1.58. The van der Waals surface area contributed by atoms with Gasteiger partial charge < -0.3 is 14.8 Å². The van der Waals surface area contributed by atoms with Crippen molar-refractivity contribution in [3.63, 3.8) is 0 Å². The van der Waals surface area contributed by atoms with Crippen molar-refractivity contribution < 1.29 is 14.3 Å². The van der Waals surface area contributed by atoms with Gasteiger partial charge in [-0.2, -0.15) is 0 Å². The second-order valence-corrected chi connectivity index (χ2v) is 8.08. The maximum atomic E-state index is 11.8. The van der Waals surface area contributed by atoms with Crippen molar-refractivity contribution in [3.8, 4) is 0 Å². The van der Waals surface area contributed by atoms with E-state index >= 15 is 0 Å².